The summed E-state index contributed by atoms with van der Waals surface area (Å²) in [6.45, 7) is 2.71. The van der Waals surface area contributed by atoms with E-state index >= 15 is 0 Å². The molecule has 0 aliphatic carbocycles. The van der Waals surface area contributed by atoms with E-state index in [-0.39, 0.29) is 11.9 Å². The fourth-order valence-corrected chi connectivity index (χ4v) is 2.11. The summed E-state index contributed by atoms with van der Waals surface area (Å²) in [4.78, 5) is 0. The van der Waals surface area contributed by atoms with E-state index in [1.807, 2.05) is 19.1 Å². The van der Waals surface area contributed by atoms with Crippen LogP contribution in [-0.2, 0) is 6.54 Å². The third kappa shape index (κ3) is 3.93. The zero-order chi connectivity index (χ0) is 13.8. The SMILES string of the molecule is CC(NCc1ccc(Cl)c(Cl)c1)c1ccc(F)cc1. The summed E-state index contributed by atoms with van der Waals surface area (Å²) < 4.78 is 12.8. The average molecular weight is 298 g/mol. The smallest absolute Gasteiger partial charge is 0.123 e. The first-order valence-corrected chi connectivity index (χ1v) is 6.74. The van der Waals surface area contributed by atoms with E-state index < -0.39 is 0 Å². The van der Waals surface area contributed by atoms with E-state index in [0.29, 0.717) is 16.6 Å². The standard InChI is InChI=1S/C15H14Cl2FN/c1-10(12-3-5-13(18)6-4-12)19-9-11-2-7-14(16)15(17)8-11/h2-8,10,19H,9H2,1H3. The summed E-state index contributed by atoms with van der Waals surface area (Å²) in [5.41, 5.74) is 2.10. The zero-order valence-corrected chi connectivity index (χ0v) is 12.0. The van der Waals surface area contributed by atoms with E-state index in [1.165, 1.54) is 12.1 Å². The van der Waals surface area contributed by atoms with Crippen LogP contribution in [-0.4, -0.2) is 0 Å². The molecule has 0 amide bonds. The first-order chi connectivity index (χ1) is 9.06. The van der Waals surface area contributed by atoms with Crippen LogP contribution in [0, 0.1) is 5.82 Å². The molecule has 0 saturated heterocycles. The monoisotopic (exact) mass is 297 g/mol. The van der Waals surface area contributed by atoms with Gasteiger partial charge in [0.05, 0.1) is 10.0 Å². The maximum Gasteiger partial charge on any atom is 0.123 e. The highest BCUT2D eigenvalue weighted by Gasteiger charge is 2.06. The lowest BCUT2D eigenvalue weighted by atomic mass is 10.1. The summed E-state index contributed by atoms with van der Waals surface area (Å²) in [5, 5.41) is 4.46. The van der Waals surface area contributed by atoms with Crippen molar-refractivity contribution in [2.45, 2.75) is 19.5 Å². The first-order valence-electron chi connectivity index (χ1n) is 5.99. The second-order valence-electron chi connectivity index (χ2n) is 4.40. The van der Waals surface area contributed by atoms with E-state index in [4.69, 9.17) is 23.2 Å². The van der Waals surface area contributed by atoms with Gasteiger partial charge in [0.1, 0.15) is 5.82 Å². The molecule has 0 aromatic heterocycles. The van der Waals surface area contributed by atoms with Gasteiger partial charge >= 0.3 is 0 Å². The van der Waals surface area contributed by atoms with Crippen LogP contribution in [0.3, 0.4) is 0 Å². The molecule has 19 heavy (non-hydrogen) atoms. The van der Waals surface area contributed by atoms with Gasteiger partial charge in [-0.3, -0.25) is 0 Å². The molecule has 1 N–H and O–H groups in total. The van der Waals surface area contributed by atoms with Crippen molar-refractivity contribution in [2.24, 2.45) is 0 Å². The van der Waals surface area contributed by atoms with Gasteiger partial charge in [0.25, 0.3) is 0 Å². The molecule has 2 rings (SSSR count). The van der Waals surface area contributed by atoms with Crippen LogP contribution in [0.2, 0.25) is 10.0 Å². The Morgan fingerprint density at radius 1 is 1.05 bits per heavy atom. The molecule has 0 aliphatic rings. The molecule has 0 aliphatic heterocycles. The van der Waals surface area contributed by atoms with Crippen molar-refractivity contribution in [3.63, 3.8) is 0 Å². The van der Waals surface area contributed by atoms with Crippen LogP contribution in [0.1, 0.15) is 24.1 Å². The molecule has 2 aromatic rings. The number of nitrogens with one attached hydrogen (secondary N) is 1. The van der Waals surface area contributed by atoms with Gasteiger partial charge in [-0.25, -0.2) is 4.39 Å². The largest absolute Gasteiger partial charge is 0.306 e. The highest BCUT2D eigenvalue weighted by atomic mass is 35.5. The van der Waals surface area contributed by atoms with Crippen molar-refractivity contribution in [3.05, 3.63) is 69.5 Å². The van der Waals surface area contributed by atoms with E-state index in [2.05, 4.69) is 5.32 Å². The molecule has 1 nitrogen and oxygen atoms in total. The lowest BCUT2D eigenvalue weighted by Crippen LogP contribution is -2.18. The minimum atomic E-state index is -0.222. The van der Waals surface area contributed by atoms with Crippen molar-refractivity contribution in [1.82, 2.24) is 5.32 Å². The highest BCUT2D eigenvalue weighted by molar-refractivity contribution is 6.42. The highest BCUT2D eigenvalue weighted by Crippen LogP contribution is 2.23. The lowest BCUT2D eigenvalue weighted by molar-refractivity contribution is 0.571. The molecule has 4 heteroatoms. The number of rotatable bonds is 4. The van der Waals surface area contributed by atoms with Crippen molar-refractivity contribution in [3.8, 4) is 0 Å². The number of hydrogen-bond donors (Lipinski definition) is 1. The normalized spacial score (nSPS) is 12.4. The number of hydrogen-bond acceptors (Lipinski definition) is 1. The Bertz CT molecular complexity index is 555. The lowest BCUT2D eigenvalue weighted by Gasteiger charge is -2.14. The van der Waals surface area contributed by atoms with Crippen LogP contribution < -0.4 is 5.32 Å². The van der Waals surface area contributed by atoms with Gasteiger partial charge in [-0.1, -0.05) is 41.4 Å². The Morgan fingerprint density at radius 2 is 1.74 bits per heavy atom. The number of halogens is 3. The van der Waals surface area contributed by atoms with Gasteiger partial charge in [0.2, 0.25) is 0 Å². The van der Waals surface area contributed by atoms with Crippen molar-refractivity contribution >= 4 is 23.2 Å². The van der Waals surface area contributed by atoms with Crippen molar-refractivity contribution in [1.29, 1.82) is 0 Å². The second-order valence-corrected chi connectivity index (χ2v) is 5.22. The molecule has 0 heterocycles. The summed E-state index contributed by atoms with van der Waals surface area (Å²) in [6.07, 6.45) is 0. The Morgan fingerprint density at radius 3 is 2.37 bits per heavy atom. The zero-order valence-electron chi connectivity index (χ0n) is 10.5. The first kappa shape index (κ1) is 14.3. The maximum absolute atomic E-state index is 12.8. The predicted octanol–water partition coefficient (Wildman–Crippen LogP) is 4.98. The quantitative estimate of drug-likeness (QED) is 0.839. The summed E-state index contributed by atoms with van der Waals surface area (Å²) in [5.74, 6) is -0.222. The summed E-state index contributed by atoms with van der Waals surface area (Å²) in [6, 6.07) is 12.2. The van der Waals surface area contributed by atoms with Crippen LogP contribution >= 0.6 is 23.2 Å². The van der Waals surface area contributed by atoms with Crippen LogP contribution in [0.25, 0.3) is 0 Å². The molecule has 0 radical (unpaired) electrons. The molecule has 0 spiro atoms. The minimum Gasteiger partial charge on any atom is -0.306 e. The minimum absolute atomic E-state index is 0.134. The van der Waals surface area contributed by atoms with Crippen molar-refractivity contribution < 1.29 is 4.39 Å². The summed E-state index contributed by atoms with van der Waals surface area (Å²) in [7, 11) is 0. The molecular weight excluding hydrogens is 284 g/mol. The maximum atomic E-state index is 12.8. The molecule has 1 atom stereocenters. The van der Waals surface area contributed by atoms with Crippen molar-refractivity contribution in [2.75, 3.05) is 0 Å². The van der Waals surface area contributed by atoms with Gasteiger partial charge in [-0.05, 0) is 42.3 Å². The van der Waals surface area contributed by atoms with Gasteiger partial charge in [0.15, 0.2) is 0 Å². The molecule has 2 aromatic carbocycles. The Labute approximate surface area is 122 Å². The predicted molar refractivity (Wildman–Crippen MR) is 78.1 cm³/mol. The molecule has 0 fully saturated rings. The van der Waals surface area contributed by atoms with E-state index in [9.17, 15) is 4.39 Å². The molecular formula is C15H14Cl2FN. The van der Waals surface area contributed by atoms with Gasteiger partial charge < -0.3 is 5.32 Å². The Balaban J connectivity index is 1.98. The molecule has 100 valence electrons. The topological polar surface area (TPSA) is 12.0 Å². The van der Waals surface area contributed by atoms with Crippen LogP contribution in [0.15, 0.2) is 42.5 Å². The Hall–Kier alpha value is -1.09. The second kappa shape index (κ2) is 6.38. The van der Waals surface area contributed by atoms with Crippen LogP contribution in [0.5, 0.6) is 0 Å². The third-order valence-corrected chi connectivity index (χ3v) is 3.71. The molecule has 0 saturated carbocycles. The van der Waals surface area contributed by atoms with Gasteiger partial charge in [0, 0.05) is 12.6 Å². The van der Waals surface area contributed by atoms with Gasteiger partial charge in [-0.2, -0.15) is 0 Å². The fraction of sp³-hybridized carbons (Fsp3) is 0.200. The number of benzene rings is 2. The summed E-state index contributed by atoms with van der Waals surface area (Å²) >= 11 is 11.8. The molecule has 0 bridgehead atoms. The van der Waals surface area contributed by atoms with E-state index in [0.717, 1.165) is 11.1 Å². The van der Waals surface area contributed by atoms with Gasteiger partial charge in [-0.15, -0.1) is 0 Å². The Kier molecular flexibility index (Phi) is 4.81. The van der Waals surface area contributed by atoms with Crippen LogP contribution in [0.4, 0.5) is 4.39 Å². The molecule has 1 unspecified atom stereocenters. The fourth-order valence-electron chi connectivity index (χ4n) is 1.79. The van der Waals surface area contributed by atoms with E-state index in [1.54, 1.807) is 18.2 Å². The average Bonchev–Trinajstić information content (AvgIpc) is 2.40. The third-order valence-electron chi connectivity index (χ3n) is 2.97.